The van der Waals surface area contributed by atoms with Gasteiger partial charge in [0.1, 0.15) is 0 Å². The summed E-state index contributed by atoms with van der Waals surface area (Å²) >= 11 is 0. The Kier molecular flexibility index (Phi) is 26.5. The summed E-state index contributed by atoms with van der Waals surface area (Å²) in [5, 5.41) is 82.0. The fraction of sp³-hybridized carbons (Fsp3) is 0.500. The Hall–Kier alpha value is -2.24. The van der Waals surface area contributed by atoms with Crippen LogP contribution in [0, 0.1) is 0 Å². The number of carbonyl (C=O) groups is 6. The topological polar surface area (TPSA) is 301 Å². The van der Waals surface area contributed by atoms with E-state index in [-0.39, 0.29) is 34.7 Å². The summed E-state index contributed by atoms with van der Waals surface area (Å²) < 4.78 is 0. The van der Waals surface area contributed by atoms with Gasteiger partial charge in [-0.25, -0.2) is 0 Å². The zero-order valence-electron chi connectivity index (χ0n) is 13.9. The van der Waals surface area contributed by atoms with E-state index in [9.17, 15) is 59.4 Å². The second-order valence-corrected chi connectivity index (χ2v) is 4.23. The minimum atomic E-state index is -1.96. The molecule has 0 rings (SSSR count). The molecule has 0 aromatic rings. The summed E-state index contributed by atoms with van der Waals surface area (Å²) in [5.74, 6) is -10.3. The molecule has 0 heterocycles. The third kappa shape index (κ3) is 30.7. The fourth-order valence-corrected chi connectivity index (χ4v) is 0.724. The Morgan fingerprint density at radius 2 is 0.621 bits per heavy atom. The van der Waals surface area contributed by atoms with Crippen LogP contribution in [0.2, 0.25) is 0 Å². The van der Waals surface area contributed by atoms with Crippen molar-refractivity contribution in [3.05, 3.63) is 0 Å². The number of carboxylic acids is 6. The van der Waals surface area contributed by atoms with Gasteiger partial charge in [0.15, 0.2) is 0 Å². The standard InChI is InChI=1S/3C4H6O5.2Cr/c3*5-2(4(8)9)1-3(6)7;;/h3*2,5H,1H2,(H,6,7)(H,8,9);;/q;;;2*+3/p-6. The molecular formula is C12H12Cr2O15. The van der Waals surface area contributed by atoms with E-state index in [4.69, 9.17) is 15.3 Å². The van der Waals surface area contributed by atoms with E-state index in [2.05, 4.69) is 0 Å². The first-order chi connectivity index (χ1) is 12.1. The molecule has 0 fully saturated rings. The van der Waals surface area contributed by atoms with E-state index in [1.807, 2.05) is 0 Å². The van der Waals surface area contributed by atoms with E-state index < -0.39 is 73.4 Å². The van der Waals surface area contributed by atoms with Crippen molar-refractivity contribution in [1.29, 1.82) is 0 Å². The second-order valence-electron chi connectivity index (χ2n) is 4.23. The zero-order chi connectivity index (χ0) is 22.3. The summed E-state index contributed by atoms with van der Waals surface area (Å²) in [6.07, 6.45) is -8.67. The molecule has 0 spiro atoms. The molecule has 0 amide bonds. The fourth-order valence-electron chi connectivity index (χ4n) is 0.724. The van der Waals surface area contributed by atoms with Gasteiger partial charge in [-0.05, 0) is 0 Å². The monoisotopic (exact) mass is 500 g/mol. The maximum absolute atomic E-state index is 9.58. The number of carbonyl (C=O) groups excluding carboxylic acids is 6. The number of aliphatic hydroxyl groups is 3. The summed E-state index contributed by atoms with van der Waals surface area (Å²) in [7, 11) is 0. The normalized spacial score (nSPS) is 11.7. The molecule has 0 bridgehead atoms. The van der Waals surface area contributed by atoms with E-state index in [1.54, 1.807) is 0 Å². The van der Waals surface area contributed by atoms with Gasteiger partial charge in [0, 0.05) is 37.2 Å². The van der Waals surface area contributed by atoms with Crippen LogP contribution in [0.1, 0.15) is 19.3 Å². The Morgan fingerprint density at radius 1 is 0.483 bits per heavy atom. The molecule has 0 saturated carbocycles. The van der Waals surface area contributed by atoms with Crippen LogP contribution in [0.15, 0.2) is 0 Å². The predicted octanol–water partition coefficient (Wildman–Crippen LogP) is -11.3. The van der Waals surface area contributed by atoms with Crippen LogP contribution in [0.25, 0.3) is 0 Å². The van der Waals surface area contributed by atoms with Gasteiger partial charge in [0.05, 0.1) is 36.2 Å². The number of aliphatic carboxylic acids is 6. The summed E-state index contributed by atoms with van der Waals surface area (Å²) in [6.45, 7) is 0. The van der Waals surface area contributed by atoms with E-state index >= 15 is 0 Å². The number of hydrogen-bond acceptors (Lipinski definition) is 15. The molecule has 15 nitrogen and oxygen atoms in total. The molecule has 0 aliphatic rings. The third-order valence-electron chi connectivity index (χ3n) is 1.90. The van der Waals surface area contributed by atoms with Crippen molar-refractivity contribution >= 4 is 35.8 Å². The van der Waals surface area contributed by atoms with Crippen molar-refractivity contribution in [2.24, 2.45) is 0 Å². The number of rotatable bonds is 9. The third-order valence-corrected chi connectivity index (χ3v) is 1.90. The van der Waals surface area contributed by atoms with Crippen LogP contribution in [-0.4, -0.2) is 69.4 Å². The molecule has 2 radical (unpaired) electrons. The van der Waals surface area contributed by atoms with Gasteiger partial charge in [0.25, 0.3) is 0 Å². The molecule has 0 aliphatic carbocycles. The number of aliphatic hydroxyl groups excluding tert-OH is 3. The Morgan fingerprint density at radius 3 is 0.655 bits per heavy atom. The van der Waals surface area contributed by atoms with Gasteiger partial charge >= 0.3 is 34.7 Å². The van der Waals surface area contributed by atoms with Crippen LogP contribution in [0.5, 0.6) is 0 Å². The SMILES string of the molecule is O=C([O-])CC(O)C(=O)[O-].O=C([O-])CC(O)C(=O)[O-].O=C([O-])CC(O)C(=O)[O-].[Cr+3].[Cr+3]. The van der Waals surface area contributed by atoms with Crippen molar-refractivity contribution in [1.82, 2.24) is 0 Å². The molecule has 3 atom stereocenters. The van der Waals surface area contributed by atoms with Gasteiger partial charge < -0.3 is 74.7 Å². The first kappa shape index (κ1) is 37.5. The molecule has 0 saturated heterocycles. The Balaban J connectivity index is -0.0000000960. The van der Waals surface area contributed by atoms with Gasteiger partial charge in [-0.2, -0.15) is 0 Å². The van der Waals surface area contributed by atoms with Crippen LogP contribution in [0.4, 0.5) is 0 Å². The molecule has 0 aromatic carbocycles. The smallest absolute Gasteiger partial charge is 0.550 e. The van der Waals surface area contributed by atoms with Gasteiger partial charge in [-0.1, -0.05) is 0 Å². The average Bonchev–Trinajstić information content (AvgIpc) is 2.46. The minimum Gasteiger partial charge on any atom is -0.550 e. The zero-order valence-corrected chi connectivity index (χ0v) is 16.5. The van der Waals surface area contributed by atoms with Crippen LogP contribution < -0.4 is 30.6 Å². The Bertz CT molecular complexity index is 473. The maximum atomic E-state index is 9.58. The average molecular weight is 500 g/mol. The Labute approximate surface area is 183 Å². The first-order valence-electron chi connectivity index (χ1n) is 6.38. The summed E-state index contributed by atoms with van der Waals surface area (Å²) in [4.78, 5) is 57.4. The van der Waals surface area contributed by atoms with Crippen molar-refractivity contribution in [2.45, 2.75) is 37.6 Å². The van der Waals surface area contributed by atoms with Crippen molar-refractivity contribution in [3.63, 3.8) is 0 Å². The molecular weight excluding hydrogens is 488 g/mol. The van der Waals surface area contributed by atoms with Crippen LogP contribution in [-0.2, 0) is 63.5 Å². The number of hydrogen-bond donors (Lipinski definition) is 3. The predicted molar refractivity (Wildman–Crippen MR) is 61.9 cm³/mol. The van der Waals surface area contributed by atoms with Crippen LogP contribution in [0.3, 0.4) is 0 Å². The van der Waals surface area contributed by atoms with E-state index in [0.717, 1.165) is 0 Å². The van der Waals surface area contributed by atoms with Crippen molar-refractivity contribution in [2.75, 3.05) is 0 Å². The van der Waals surface area contributed by atoms with Crippen molar-refractivity contribution in [3.8, 4) is 0 Å². The molecule has 29 heavy (non-hydrogen) atoms. The van der Waals surface area contributed by atoms with Gasteiger partial charge in [-0.3, -0.25) is 0 Å². The quantitative estimate of drug-likeness (QED) is 0.265. The van der Waals surface area contributed by atoms with Crippen LogP contribution >= 0.6 is 0 Å². The number of carboxylic acid groups (broad SMARTS) is 6. The largest absolute Gasteiger partial charge is 3.00 e. The molecule has 17 heteroatoms. The maximum Gasteiger partial charge on any atom is 3.00 e. The first-order valence-corrected chi connectivity index (χ1v) is 6.38. The summed E-state index contributed by atoms with van der Waals surface area (Å²) in [5.41, 5.74) is 0. The minimum absolute atomic E-state index is 0. The second kappa shape index (κ2) is 20.5. The molecule has 3 N–H and O–H groups in total. The molecule has 0 aromatic heterocycles. The summed E-state index contributed by atoms with van der Waals surface area (Å²) in [6, 6.07) is 0. The molecule has 0 aliphatic heterocycles. The molecule has 162 valence electrons. The molecule has 3 unspecified atom stereocenters. The van der Waals surface area contributed by atoms with Gasteiger partial charge in [-0.15, -0.1) is 0 Å². The van der Waals surface area contributed by atoms with E-state index in [1.165, 1.54) is 0 Å². The van der Waals surface area contributed by atoms with Gasteiger partial charge in [0.2, 0.25) is 0 Å². The van der Waals surface area contributed by atoms with Crippen molar-refractivity contribution < 1.29 is 109 Å². The van der Waals surface area contributed by atoms with E-state index in [0.29, 0.717) is 0 Å².